The molecule has 0 fully saturated rings. The number of sulfonamides is 1. The van der Waals surface area contributed by atoms with Crippen LogP contribution in [-0.2, 0) is 32.3 Å². The van der Waals surface area contributed by atoms with Crippen LogP contribution in [0.1, 0.15) is 41.8 Å². The van der Waals surface area contributed by atoms with Gasteiger partial charge in [-0.05, 0) is 61.4 Å². The van der Waals surface area contributed by atoms with Gasteiger partial charge in [-0.15, -0.1) is 11.8 Å². The van der Waals surface area contributed by atoms with E-state index in [1.54, 1.807) is 68.4 Å². The van der Waals surface area contributed by atoms with Crippen molar-refractivity contribution in [3.05, 3.63) is 114 Å². The Hall–Kier alpha value is -4.74. The highest BCUT2D eigenvalue weighted by Gasteiger charge is 2.36. The van der Waals surface area contributed by atoms with E-state index in [-0.39, 0.29) is 46.3 Å². The minimum Gasteiger partial charge on any atom is -0.394 e. The first-order valence-corrected chi connectivity index (χ1v) is 19.2. The quantitative estimate of drug-likeness (QED) is 0.129. The van der Waals surface area contributed by atoms with E-state index >= 15 is 0 Å². The molecule has 11 nitrogen and oxygen atoms in total. The molecule has 0 bridgehead atoms. The summed E-state index contributed by atoms with van der Waals surface area (Å²) in [6.45, 7) is 2.87. The van der Waals surface area contributed by atoms with Crippen molar-refractivity contribution >= 4 is 45.2 Å². The normalized spacial score (nSPS) is 15.6. The number of benzene rings is 4. The lowest BCUT2D eigenvalue weighted by molar-refractivity contribution is -0.137. The van der Waals surface area contributed by atoms with E-state index in [2.05, 4.69) is 15.4 Å². The summed E-state index contributed by atoms with van der Waals surface area (Å²) >= 11 is 1.01. The Bertz CT molecular complexity index is 2100. The fourth-order valence-electron chi connectivity index (χ4n) is 5.75. The first-order valence-electron chi connectivity index (χ1n) is 16.8. The van der Waals surface area contributed by atoms with E-state index in [0.717, 1.165) is 23.9 Å². The lowest BCUT2D eigenvalue weighted by atomic mass is 9.99. The Morgan fingerprint density at radius 2 is 1.63 bits per heavy atom. The second-order valence-corrected chi connectivity index (χ2v) is 16.0. The number of β-amino-alcohol motifs (C(OH)–C–C–N with tert-alkyl or cyclic N) is 1. The zero-order valence-corrected chi connectivity index (χ0v) is 30.9. The van der Waals surface area contributed by atoms with Crippen molar-refractivity contribution in [3.63, 3.8) is 0 Å². The third-order valence-corrected chi connectivity index (χ3v) is 11.1. The Labute approximate surface area is 315 Å². The van der Waals surface area contributed by atoms with E-state index in [0.29, 0.717) is 16.7 Å². The second kappa shape index (κ2) is 16.7. The van der Waals surface area contributed by atoms with Gasteiger partial charge in [0.05, 0.1) is 35.4 Å². The van der Waals surface area contributed by atoms with Crippen molar-refractivity contribution in [3.8, 4) is 11.1 Å². The third kappa shape index (κ3) is 10.1. The van der Waals surface area contributed by atoms with Crippen LogP contribution in [-0.4, -0.2) is 72.9 Å². The number of thioether (sulfide) groups is 1. The predicted octanol–water partition coefficient (Wildman–Crippen LogP) is 4.73. The minimum atomic E-state index is -4.63. The number of anilines is 1. The van der Waals surface area contributed by atoms with Crippen LogP contribution in [0.2, 0.25) is 0 Å². The first kappa shape index (κ1) is 40.4. The molecule has 5 rings (SSSR count). The molecule has 286 valence electrons. The number of carbonyl (C=O) groups excluding carboxylic acids is 3. The number of aliphatic hydroxyl groups excluding tert-OH is 2. The van der Waals surface area contributed by atoms with E-state index in [1.165, 1.54) is 35.2 Å². The Balaban J connectivity index is 1.39. The summed E-state index contributed by atoms with van der Waals surface area (Å²) in [6, 6.07) is 22.6. The summed E-state index contributed by atoms with van der Waals surface area (Å²) in [5.74, 6) is -1.90. The standard InChI is InChI=1S/C38H39F3N4O7S2/c1-37(2,42-20-28(47)22-46)19-34(48)43-30-23-53-32-18-27(38(39,40)41)16-17-31(32)45(36(30)50)21-24-12-14-25(15-13-24)29-10-6-7-11-33(29)54(51,52)44-35(49)26-8-4-3-5-9-26/h3-18,28,30,42,46-47H,19-23H2,1-2H3,(H,43,48)(H,44,49)/t28-,30+/m0/s1. The molecular formula is C38H39F3N4O7S2. The molecule has 0 spiro atoms. The van der Waals surface area contributed by atoms with Crippen molar-refractivity contribution in [2.45, 2.75) is 60.5 Å². The fourth-order valence-corrected chi connectivity index (χ4v) is 8.07. The highest BCUT2D eigenvalue weighted by atomic mass is 32.2. The first-order chi connectivity index (χ1) is 25.5. The largest absolute Gasteiger partial charge is 0.416 e. The van der Waals surface area contributed by atoms with E-state index in [4.69, 9.17) is 5.11 Å². The molecule has 16 heteroatoms. The summed E-state index contributed by atoms with van der Waals surface area (Å²) < 4.78 is 69.9. The summed E-state index contributed by atoms with van der Waals surface area (Å²) in [4.78, 5) is 41.3. The lowest BCUT2D eigenvalue weighted by Crippen LogP contribution is -2.52. The summed E-state index contributed by atoms with van der Waals surface area (Å²) in [5.41, 5.74) is 0.00412. The molecule has 0 aromatic heterocycles. The summed E-state index contributed by atoms with van der Waals surface area (Å²) in [5, 5.41) is 24.5. The van der Waals surface area contributed by atoms with Gasteiger partial charge in [0.2, 0.25) is 5.91 Å². The van der Waals surface area contributed by atoms with Crippen molar-refractivity contribution in [1.29, 1.82) is 0 Å². The Morgan fingerprint density at radius 3 is 2.30 bits per heavy atom. The maximum absolute atomic E-state index is 14.1. The molecule has 4 aromatic carbocycles. The molecule has 0 unspecified atom stereocenters. The van der Waals surface area contributed by atoms with E-state index in [9.17, 15) is 41.1 Å². The topological polar surface area (TPSA) is 165 Å². The van der Waals surface area contributed by atoms with Gasteiger partial charge >= 0.3 is 6.18 Å². The lowest BCUT2D eigenvalue weighted by Gasteiger charge is -2.29. The Kier molecular flexibility index (Phi) is 12.5. The van der Waals surface area contributed by atoms with Crippen LogP contribution < -0.4 is 20.3 Å². The molecule has 2 atom stereocenters. The number of hydrogen-bond donors (Lipinski definition) is 5. The van der Waals surface area contributed by atoms with Gasteiger partial charge in [-0.3, -0.25) is 14.4 Å². The number of alkyl halides is 3. The van der Waals surface area contributed by atoms with Crippen LogP contribution in [0.3, 0.4) is 0 Å². The maximum Gasteiger partial charge on any atom is 0.416 e. The maximum atomic E-state index is 14.1. The van der Waals surface area contributed by atoms with Crippen LogP contribution in [0.5, 0.6) is 0 Å². The van der Waals surface area contributed by atoms with Gasteiger partial charge in [0.25, 0.3) is 21.8 Å². The van der Waals surface area contributed by atoms with Gasteiger partial charge < -0.3 is 25.7 Å². The van der Waals surface area contributed by atoms with Crippen molar-refractivity contribution < 1.29 is 46.2 Å². The van der Waals surface area contributed by atoms with Gasteiger partial charge in [0, 0.05) is 40.3 Å². The van der Waals surface area contributed by atoms with Gasteiger partial charge in [0.15, 0.2) is 0 Å². The smallest absolute Gasteiger partial charge is 0.394 e. The zero-order chi connectivity index (χ0) is 39.3. The van der Waals surface area contributed by atoms with Gasteiger partial charge in [0.1, 0.15) is 6.04 Å². The van der Waals surface area contributed by atoms with Crippen LogP contribution in [0.4, 0.5) is 18.9 Å². The number of amides is 3. The molecule has 0 aliphatic carbocycles. The zero-order valence-electron chi connectivity index (χ0n) is 29.3. The predicted molar refractivity (Wildman–Crippen MR) is 198 cm³/mol. The SMILES string of the molecule is CC(C)(CC(=O)N[C@@H]1CSc2cc(C(F)(F)F)ccc2N(Cc2ccc(-c3ccccc3S(=O)(=O)NC(=O)c3ccccc3)cc2)C1=O)NC[C@H](O)CO. The molecule has 5 N–H and O–H groups in total. The molecule has 0 radical (unpaired) electrons. The molecule has 0 saturated heterocycles. The van der Waals surface area contributed by atoms with Gasteiger partial charge in [-0.2, -0.15) is 13.2 Å². The molecule has 1 heterocycles. The molecule has 3 amide bonds. The average molecular weight is 785 g/mol. The van der Waals surface area contributed by atoms with Crippen LogP contribution in [0, 0.1) is 0 Å². The highest BCUT2D eigenvalue weighted by Crippen LogP contribution is 2.40. The molecule has 4 aromatic rings. The number of hydrogen-bond acceptors (Lipinski definition) is 9. The van der Waals surface area contributed by atoms with Crippen LogP contribution >= 0.6 is 11.8 Å². The number of aliphatic hydroxyl groups is 2. The van der Waals surface area contributed by atoms with Crippen LogP contribution in [0.25, 0.3) is 11.1 Å². The molecule has 1 aliphatic rings. The molecular weight excluding hydrogens is 746 g/mol. The van der Waals surface area contributed by atoms with Crippen molar-refractivity contribution in [2.24, 2.45) is 0 Å². The van der Waals surface area contributed by atoms with E-state index in [1.807, 2.05) is 0 Å². The number of nitrogens with zero attached hydrogens (tertiary/aromatic N) is 1. The van der Waals surface area contributed by atoms with Gasteiger partial charge in [-0.1, -0.05) is 60.7 Å². The van der Waals surface area contributed by atoms with Crippen molar-refractivity contribution in [1.82, 2.24) is 15.4 Å². The second-order valence-electron chi connectivity index (χ2n) is 13.3. The molecule has 0 saturated carbocycles. The average Bonchev–Trinajstić information content (AvgIpc) is 3.26. The number of rotatable bonds is 13. The van der Waals surface area contributed by atoms with Crippen LogP contribution in [0.15, 0.2) is 107 Å². The highest BCUT2D eigenvalue weighted by molar-refractivity contribution is 7.99. The summed E-state index contributed by atoms with van der Waals surface area (Å²) in [7, 11) is -4.31. The summed E-state index contributed by atoms with van der Waals surface area (Å²) in [6.07, 6.45) is -5.78. The van der Waals surface area contributed by atoms with Crippen molar-refractivity contribution in [2.75, 3.05) is 23.8 Å². The number of nitrogens with one attached hydrogen (secondary N) is 3. The Morgan fingerprint density at radius 1 is 0.963 bits per heavy atom. The van der Waals surface area contributed by atoms with E-state index < -0.39 is 63.8 Å². The number of carbonyl (C=O) groups is 3. The fraction of sp³-hybridized carbons (Fsp3) is 0.289. The monoisotopic (exact) mass is 784 g/mol. The number of fused-ring (bicyclic) bond motifs is 1. The number of halogens is 3. The molecule has 1 aliphatic heterocycles. The third-order valence-electron chi connectivity index (χ3n) is 8.56. The molecule has 54 heavy (non-hydrogen) atoms. The minimum absolute atomic E-state index is 0.0185. The van der Waals surface area contributed by atoms with Gasteiger partial charge in [-0.25, -0.2) is 13.1 Å².